The van der Waals surface area contributed by atoms with Crippen LogP contribution < -0.4 is 15.0 Å². The van der Waals surface area contributed by atoms with Crippen molar-refractivity contribution in [3.8, 4) is 11.5 Å². The highest BCUT2D eigenvalue weighted by Crippen LogP contribution is 2.38. The molecular formula is C23H27Cl2N3O3. The summed E-state index contributed by atoms with van der Waals surface area (Å²) in [5.74, 6) is 0.885. The predicted molar refractivity (Wildman–Crippen MR) is 125 cm³/mol. The van der Waals surface area contributed by atoms with Crippen molar-refractivity contribution in [3.05, 3.63) is 45.9 Å². The number of phenolic OH excluding ortho intramolecular Hbond substituents is 1. The van der Waals surface area contributed by atoms with E-state index in [1.54, 1.807) is 6.07 Å². The number of fused-ring (bicyclic) bond motifs is 1. The lowest BCUT2D eigenvalue weighted by Crippen LogP contribution is -2.46. The quantitative estimate of drug-likeness (QED) is 0.588. The number of rotatable bonds is 7. The Balaban J connectivity index is 1.16. The molecule has 4 rings (SSSR count). The fourth-order valence-electron chi connectivity index (χ4n) is 4.05. The first-order valence-electron chi connectivity index (χ1n) is 10.7. The number of aryl methyl sites for hydroxylation is 1. The van der Waals surface area contributed by atoms with Crippen LogP contribution in [0.3, 0.4) is 0 Å². The van der Waals surface area contributed by atoms with Crippen LogP contribution in [0.4, 0.5) is 11.4 Å². The lowest BCUT2D eigenvalue weighted by molar-refractivity contribution is -0.116. The Morgan fingerprint density at radius 1 is 1.00 bits per heavy atom. The van der Waals surface area contributed by atoms with Crippen LogP contribution in [0.5, 0.6) is 11.5 Å². The third kappa shape index (κ3) is 5.37. The molecule has 0 radical (unpaired) electrons. The van der Waals surface area contributed by atoms with Crippen molar-refractivity contribution in [1.29, 1.82) is 0 Å². The van der Waals surface area contributed by atoms with E-state index in [0.717, 1.165) is 69.1 Å². The summed E-state index contributed by atoms with van der Waals surface area (Å²) in [5.41, 5.74) is 2.92. The molecule has 6 nitrogen and oxygen atoms in total. The van der Waals surface area contributed by atoms with Crippen LogP contribution >= 0.6 is 23.2 Å². The van der Waals surface area contributed by atoms with Crippen LogP contribution in [-0.4, -0.2) is 55.2 Å². The molecule has 0 saturated carbocycles. The highest BCUT2D eigenvalue weighted by molar-refractivity contribution is 6.44. The number of ether oxygens (including phenoxy) is 1. The van der Waals surface area contributed by atoms with Gasteiger partial charge in [0, 0.05) is 44.4 Å². The molecule has 0 atom stereocenters. The first kappa shape index (κ1) is 22.1. The van der Waals surface area contributed by atoms with Crippen LogP contribution in [0.15, 0.2) is 30.3 Å². The Morgan fingerprint density at radius 3 is 2.61 bits per heavy atom. The number of anilines is 2. The van der Waals surface area contributed by atoms with Crippen LogP contribution in [-0.2, 0) is 11.2 Å². The van der Waals surface area contributed by atoms with Gasteiger partial charge < -0.3 is 20.1 Å². The van der Waals surface area contributed by atoms with Gasteiger partial charge in [-0.3, -0.25) is 9.69 Å². The minimum Gasteiger partial charge on any atom is -0.506 e. The Morgan fingerprint density at radius 2 is 1.81 bits per heavy atom. The molecule has 2 heterocycles. The second-order valence-electron chi connectivity index (χ2n) is 7.98. The summed E-state index contributed by atoms with van der Waals surface area (Å²) in [4.78, 5) is 16.2. The van der Waals surface area contributed by atoms with Crippen molar-refractivity contribution < 1.29 is 14.6 Å². The Bertz CT molecular complexity index is 946. The second kappa shape index (κ2) is 9.98. The predicted octanol–water partition coefficient (Wildman–Crippen LogP) is 4.56. The average molecular weight is 464 g/mol. The van der Waals surface area contributed by atoms with Gasteiger partial charge in [-0.1, -0.05) is 29.3 Å². The number of nitrogens with zero attached hydrogens (tertiary/aromatic N) is 2. The monoisotopic (exact) mass is 463 g/mol. The number of phenols is 1. The lowest BCUT2D eigenvalue weighted by Gasteiger charge is -2.36. The molecule has 0 aliphatic carbocycles. The standard InChI is InChI=1S/C23H27Cl2N3O3/c24-22-19(6-7-20(29)23(22)25)28-12-10-27(11-13-28)9-1-2-14-31-17-5-3-16-4-8-21(30)26-18(16)15-17/h3,5-7,15,29H,1-2,4,8-14H2,(H,26,30). The molecule has 166 valence electrons. The highest BCUT2D eigenvalue weighted by atomic mass is 35.5. The summed E-state index contributed by atoms with van der Waals surface area (Å²) < 4.78 is 5.88. The van der Waals surface area contributed by atoms with E-state index in [0.29, 0.717) is 18.1 Å². The van der Waals surface area contributed by atoms with E-state index in [-0.39, 0.29) is 16.7 Å². The van der Waals surface area contributed by atoms with Crippen molar-refractivity contribution in [2.75, 3.05) is 49.5 Å². The molecule has 31 heavy (non-hydrogen) atoms. The number of unbranched alkanes of at least 4 members (excludes halogenated alkanes) is 1. The zero-order chi connectivity index (χ0) is 21.8. The van der Waals surface area contributed by atoms with Gasteiger partial charge in [0.25, 0.3) is 0 Å². The SMILES string of the molecule is O=C1CCc2ccc(OCCCCN3CCN(c4ccc(O)c(Cl)c4Cl)CC3)cc2N1. The number of carbonyl (C=O) groups is 1. The number of aromatic hydroxyl groups is 1. The third-order valence-corrected chi connectivity index (χ3v) is 6.73. The van der Waals surface area contributed by atoms with Gasteiger partial charge in [-0.25, -0.2) is 0 Å². The number of amides is 1. The van der Waals surface area contributed by atoms with Gasteiger partial charge in [0.1, 0.15) is 16.5 Å². The summed E-state index contributed by atoms with van der Waals surface area (Å²) >= 11 is 12.4. The summed E-state index contributed by atoms with van der Waals surface area (Å²) in [6.45, 7) is 5.35. The molecular weight excluding hydrogens is 437 g/mol. The fraction of sp³-hybridized carbons (Fsp3) is 0.435. The minimum absolute atomic E-state index is 0.0106. The summed E-state index contributed by atoms with van der Waals surface area (Å²) in [7, 11) is 0. The molecule has 1 fully saturated rings. The van der Waals surface area contributed by atoms with Gasteiger partial charge in [0.15, 0.2) is 0 Å². The number of carbonyl (C=O) groups excluding carboxylic acids is 1. The molecule has 1 amide bonds. The average Bonchev–Trinajstić information content (AvgIpc) is 2.78. The van der Waals surface area contributed by atoms with E-state index >= 15 is 0 Å². The highest BCUT2D eigenvalue weighted by Gasteiger charge is 2.21. The lowest BCUT2D eigenvalue weighted by atomic mass is 10.0. The summed E-state index contributed by atoms with van der Waals surface area (Å²) in [6, 6.07) is 9.36. The molecule has 1 saturated heterocycles. The summed E-state index contributed by atoms with van der Waals surface area (Å²) in [6.07, 6.45) is 3.38. The molecule has 2 aromatic carbocycles. The molecule has 2 aliphatic rings. The Labute approximate surface area is 192 Å². The van der Waals surface area contributed by atoms with Gasteiger partial charge >= 0.3 is 0 Å². The van der Waals surface area contributed by atoms with Gasteiger partial charge in [0.2, 0.25) is 5.91 Å². The molecule has 0 bridgehead atoms. The molecule has 2 aliphatic heterocycles. The molecule has 0 spiro atoms. The van der Waals surface area contributed by atoms with Crippen molar-refractivity contribution in [1.82, 2.24) is 4.90 Å². The fourth-order valence-corrected chi connectivity index (χ4v) is 4.49. The zero-order valence-corrected chi connectivity index (χ0v) is 18.9. The van der Waals surface area contributed by atoms with Crippen LogP contribution in [0.2, 0.25) is 10.0 Å². The minimum atomic E-state index is 0.0106. The first-order valence-corrected chi connectivity index (χ1v) is 11.5. The first-order chi connectivity index (χ1) is 15.0. The van der Waals surface area contributed by atoms with Gasteiger partial charge in [0.05, 0.1) is 17.3 Å². The van der Waals surface area contributed by atoms with Crippen molar-refractivity contribution in [2.24, 2.45) is 0 Å². The van der Waals surface area contributed by atoms with Gasteiger partial charge in [-0.15, -0.1) is 0 Å². The van der Waals surface area contributed by atoms with E-state index in [4.69, 9.17) is 27.9 Å². The van der Waals surface area contributed by atoms with Crippen LogP contribution in [0.25, 0.3) is 0 Å². The maximum Gasteiger partial charge on any atom is 0.224 e. The van der Waals surface area contributed by atoms with E-state index < -0.39 is 0 Å². The third-order valence-electron chi connectivity index (χ3n) is 5.87. The molecule has 0 unspecified atom stereocenters. The number of nitrogens with one attached hydrogen (secondary N) is 1. The van der Waals surface area contributed by atoms with E-state index in [1.807, 2.05) is 24.3 Å². The smallest absolute Gasteiger partial charge is 0.224 e. The van der Waals surface area contributed by atoms with Gasteiger partial charge in [-0.2, -0.15) is 0 Å². The van der Waals surface area contributed by atoms with Crippen LogP contribution in [0.1, 0.15) is 24.8 Å². The van der Waals surface area contributed by atoms with E-state index in [2.05, 4.69) is 15.1 Å². The number of hydrogen-bond donors (Lipinski definition) is 2. The molecule has 0 aromatic heterocycles. The number of benzene rings is 2. The Kier molecular flexibility index (Phi) is 7.10. The maximum absolute atomic E-state index is 11.6. The number of halogens is 2. The maximum atomic E-state index is 11.6. The topological polar surface area (TPSA) is 65.0 Å². The Hall–Kier alpha value is -2.15. The summed E-state index contributed by atoms with van der Waals surface area (Å²) in [5, 5.41) is 13.2. The number of hydrogen-bond acceptors (Lipinski definition) is 5. The van der Waals surface area contributed by atoms with Crippen LogP contribution in [0, 0.1) is 0 Å². The van der Waals surface area contributed by atoms with Crippen molar-refractivity contribution >= 4 is 40.5 Å². The van der Waals surface area contributed by atoms with Gasteiger partial charge in [-0.05, 0) is 49.6 Å². The van der Waals surface area contributed by atoms with Crippen molar-refractivity contribution in [3.63, 3.8) is 0 Å². The largest absolute Gasteiger partial charge is 0.506 e. The zero-order valence-electron chi connectivity index (χ0n) is 17.4. The molecule has 2 aromatic rings. The molecule has 2 N–H and O–H groups in total. The molecule has 8 heteroatoms. The normalized spacial score (nSPS) is 16.7. The van der Waals surface area contributed by atoms with Crippen molar-refractivity contribution in [2.45, 2.75) is 25.7 Å². The van der Waals surface area contributed by atoms with E-state index in [1.165, 1.54) is 5.56 Å². The number of piperazine rings is 1. The van der Waals surface area contributed by atoms with E-state index in [9.17, 15) is 9.90 Å². The second-order valence-corrected chi connectivity index (χ2v) is 8.74.